The van der Waals surface area contributed by atoms with Crippen LogP contribution in [-0.2, 0) is 4.74 Å². The van der Waals surface area contributed by atoms with Gasteiger partial charge in [-0.05, 0) is 57.5 Å². The van der Waals surface area contributed by atoms with Crippen molar-refractivity contribution in [2.24, 2.45) is 5.73 Å². The monoisotopic (exact) mass is 432 g/mol. The number of anilines is 3. The highest BCUT2D eigenvalue weighted by Crippen LogP contribution is 2.24. The second-order valence-corrected chi connectivity index (χ2v) is 8.37. The molecular weight excluding hydrogens is 404 g/mol. The topological polar surface area (TPSA) is 126 Å². The number of ether oxygens (including phenoxy) is 1. The van der Waals surface area contributed by atoms with E-state index < -0.39 is 11.7 Å². The molecule has 0 radical (unpaired) electrons. The van der Waals surface area contributed by atoms with Crippen molar-refractivity contribution < 1.29 is 9.53 Å². The van der Waals surface area contributed by atoms with E-state index in [1.165, 1.54) is 6.21 Å². The van der Waals surface area contributed by atoms with Crippen molar-refractivity contribution >= 4 is 29.5 Å². The van der Waals surface area contributed by atoms with Gasteiger partial charge in [0.1, 0.15) is 11.4 Å². The molecule has 3 rings (SSSR count). The van der Waals surface area contributed by atoms with Gasteiger partial charge < -0.3 is 21.2 Å². The number of rotatable bonds is 6. The molecule has 1 amide bonds. The van der Waals surface area contributed by atoms with Gasteiger partial charge in [-0.15, -0.1) is 0 Å². The second kappa shape index (κ2) is 9.57. The van der Waals surface area contributed by atoms with E-state index in [1.54, 1.807) is 51.2 Å². The summed E-state index contributed by atoms with van der Waals surface area (Å²) in [6, 6.07) is 14.8. The van der Waals surface area contributed by atoms with Crippen LogP contribution in [0.4, 0.5) is 22.0 Å². The summed E-state index contributed by atoms with van der Waals surface area (Å²) >= 11 is 0. The van der Waals surface area contributed by atoms with Crippen molar-refractivity contribution in [1.29, 1.82) is 5.41 Å². The first-order valence-corrected chi connectivity index (χ1v) is 10.2. The summed E-state index contributed by atoms with van der Waals surface area (Å²) in [6.07, 6.45) is 2.28. The number of hydrogen-bond donors (Lipinski definition) is 4. The Morgan fingerprint density at radius 2 is 1.88 bits per heavy atom. The zero-order valence-corrected chi connectivity index (χ0v) is 18.6. The molecule has 166 valence electrons. The summed E-state index contributed by atoms with van der Waals surface area (Å²) in [5.74, 6) is 1.19. The maximum absolute atomic E-state index is 12.1. The van der Waals surface area contributed by atoms with Gasteiger partial charge in [-0.3, -0.25) is 5.32 Å². The van der Waals surface area contributed by atoms with Crippen molar-refractivity contribution in [3.63, 3.8) is 0 Å². The Bertz CT molecular complexity index is 1100. The predicted molar refractivity (Wildman–Crippen MR) is 128 cm³/mol. The average Bonchev–Trinajstić information content (AvgIpc) is 2.73. The van der Waals surface area contributed by atoms with Crippen LogP contribution in [0.25, 0.3) is 11.4 Å². The molecule has 0 saturated carbocycles. The average molecular weight is 433 g/mol. The molecule has 0 spiro atoms. The van der Waals surface area contributed by atoms with Crippen molar-refractivity contribution in [1.82, 2.24) is 9.97 Å². The molecule has 0 fully saturated rings. The highest BCUT2D eigenvalue weighted by Gasteiger charge is 2.17. The number of hydrogen-bond acceptors (Lipinski definition) is 7. The van der Waals surface area contributed by atoms with Crippen LogP contribution in [0.5, 0.6) is 0 Å². The van der Waals surface area contributed by atoms with Crippen LogP contribution in [-0.4, -0.2) is 27.9 Å². The van der Waals surface area contributed by atoms with E-state index in [-0.39, 0.29) is 6.04 Å². The van der Waals surface area contributed by atoms with E-state index >= 15 is 0 Å². The fourth-order valence-electron chi connectivity index (χ4n) is 2.94. The van der Waals surface area contributed by atoms with E-state index in [4.69, 9.17) is 15.9 Å². The molecule has 1 aromatic heterocycles. The lowest BCUT2D eigenvalue weighted by Gasteiger charge is -2.20. The number of amides is 1. The number of carbonyl (C=O) groups excluding carboxylic acids is 1. The minimum atomic E-state index is -0.607. The molecule has 3 aromatic rings. The van der Waals surface area contributed by atoms with Crippen LogP contribution >= 0.6 is 0 Å². The number of nitrogens with zero attached hydrogens (tertiary/aromatic N) is 2. The minimum Gasteiger partial charge on any atom is -0.444 e. The van der Waals surface area contributed by atoms with Gasteiger partial charge in [-0.1, -0.05) is 24.3 Å². The molecule has 8 nitrogen and oxygen atoms in total. The lowest BCUT2D eigenvalue weighted by molar-refractivity contribution is 0.0636. The molecular formula is C24H28N6O2. The van der Waals surface area contributed by atoms with Gasteiger partial charge in [0.15, 0.2) is 5.82 Å². The van der Waals surface area contributed by atoms with Crippen molar-refractivity contribution in [2.45, 2.75) is 39.3 Å². The lowest BCUT2D eigenvalue weighted by Crippen LogP contribution is -2.27. The number of carbonyl (C=O) groups is 1. The maximum atomic E-state index is 12.1. The number of nitrogens with two attached hydrogens (primary N) is 1. The quantitative estimate of drug-likeness (QED) is 0.394. The second-order valence-electron chi connectivity index (χ2n) is 8.37. The fourth-order valence-corrected chi connectivity index (χ4v) is 2.94. The van der Waals surface area contributed by atoms with Gasteiger partial charge in [-0.2, -0.15) is 0 Å². The van der Waals surface area contributed by atoms with Gasteiger partial charge in [-0.25, -0.2) is 14.8 Å². The normalized spacial score (nSPS) is 12.0. The summed E-state index contributed by atoms with van der Waals surface area (Å²) in [4.78, 5) is 21.0. The molecule has 0 saturated heterocycles. The third kappa shape index (κ3) is 6.12. The smallest absolute Gasteiger partial charge is 0.412 e. The molecule has 1 unspecified atom stereocenters. The van der Waals surface area contributed by atoms with E-state index in [0.29, 0.717) is 22.9 Å². The summed E-state index contributed by atoms with van der Waals surface area (Å²) in [7, 11) is 0. The van der Waals surface area contributed by atoms with Crippen LogP contribution in [0.3, 0.4) is 0 Å². The first kappa shape index (κ1) is 22.9. The van der Waals surface area contributed by atoms with Gasteiger partial charge in [0.05, 0.1) is 5.69 Å². The zero-order valence-electron chi connectivity index (χ0n) is 18.6. The molecule has 0 aliphatic heterocycles. The molecule has 8 heteroatoms. The third-order valence-corrected chi connectivity index (χ3v) is 4.47. The standard InChI is InChI=1S/C24H28N6O2/c1-15(26)16-5-7-17(8-6-16)22-27-12-11-21(30-22)28-19-9-10-20(18(13-19)14-25)29-23(31)32-24(2,3)4/h5-15,25H,26H2,1-4H3,(H,29,31)(H,27,28,30). The van der Waals surface area contributed by atoms with Crippen molar-refractivity contribution in [3.8, 4) is 11.4 Å². The Morgan fingerprint density at radius 3 is 2.50 bits per heavy atom. The fraction of sp³-hybridized carbons (Fsp3) is 0.250. The zero-order chi connectivity index (χ0) is 23.3. The first-order chi connectivity index (χ1) is 15.1. The van der Waals surface area contributed by atoms with E-state index in [2.05, 4.69) is 20.6 Å². The highest BCUT2D eigenvalue weighted by atomic mass is 16.6. The summed E-state index contributed by atoms with van der Waals surface area (Å²) in [6.45, 7) is 7.31. The van der Waals surface area contributed by atoms with Crippen LogP contribution in [0, 0.1) is 5.41 Å². The van der Waals surface area contributed by atoms with E-state index in [1.807, 2.05) is 31.2 Å². The summed E-state index contributed by atoms with van der Waals surface area (Å²) in [5, 5.41) is 13.6. The molecule has 1 atom stereocenters. The van der Waals surface area contributed by atoms with Crippen LogP contribution in [0.1, 0.15) is 44.9 Å². The van der Waals surface area contributed by atoms with Crippen molar-refractivity contribution in [2.75, 3.05) is 10.6 Å². The summed E-state index contributed by atoms with van der Waals surface area (Å²) < 4.78 is 5.28. The Morgan fingerprint density at radius 1 is 1.16 bits per heavy atom. The van der Waals surface area contributed by atoms with E-state index in [9.17, 15) is 4.79 Å². The molecule has 0 aliphatic rings. The van der Waals surface area contributed by atoms with Crippen molar-refractivity contribution in [3.05, 3.63) is 65.9 Å². The Labute approximate surface area is 187 Å². The predicted octanol–water partition coefficient (Wildman–Crippen LogP) is 5.25. The van der Waals surface area contributed by atoms with Crippen LogP contribution in [0.2, 0.25) is 0 Å². The molecule has 2 aromatic carbocycles. The molecule has 5 N–H and O–H groups in total. The first-order valence-electron chi connectivity index (χ1n) is 10.2. The maximum Gasteiger partial charge on any atom is 0.412 e. The molecule has 32 heavy (non-hydrogen) atoms. The number of benzene rings is 2. The molecule has 1 heterocycles. The number of nitrogens with one attached hydrogen (secondary N) is 3. The third-order valence-electron chi connectivity index (χ3n) is 4.47. The van der Waals surface area contributed by atoms with Gasteiger partial charge in [0.2, 0.25) is 0 Å². The Kier molecular flexibility index (Phi) is 6.85. The SMILES string of the molecule is CC(N)c1ccc(-c2nccc(Nc3ccc(NC(=O)OC(C)(C)C)c(C=N)c3)n2)cc1. The largest absolute Gasteiger partial charge is 0.444 e. The lowest BCUT2D eigenvalue weighted by atomic mass is 10.1. The van der Waals surface area contributed by atoms with Crippen LogP contribution < -0.4 is 16.4 Å². The number of aromatic nitrogens is 2. The summed E-state index contributed by atoms with van der Waals surface area (Å²) in [5.41, 5.74) is 8.96. The molecule has 0 bridgehead atoms. The Hall–Kier alpha value is -3.78. The van der Waals surface area contributed by atoms with Gasteiger partial charge in [0.25, 0.3) is 0 Å². The van der Waals surface area contributed by atoms with Crippen LogP contribution in [0.15, 0.2) is 54.7 Å². The van der Waals surface area contributed by atoms with E-state index in [0.717, 1.165) is 16.8 Å². The van der Waals surface area contributed by atoms with Gasteiger partial charge >= 0.3 is 6.09 Å². The highest BCUT2D eigenvalue weighted by molar-refractivity contribution is 5.95. The molecule has 0 aliphatic carbocycles. The Balaban J connectivity index is 1.76. The minimum absolute atomic E-state index is 0.0335. The van der Waals surface area contributed by atoms with Gasteiger partial charge in [0, 0.05) is 35.3 Å².